The first-order valence-corrected chi connectivity index (χ1v) is 31.2. The number of aliphatic carboxylic acids is 1. The van der Waals surface area contributed by atoms with Crippen molar-refractivity contribution >= 4 is 65.4 Å². The van der Waals surface area contributed by atoms with E-state index in [2.05, 4.69) is 33.2 Å². The molecule has 2 aliphatic carbocycles. The molecule has 2 aromatic carbocycles. The molecule has 21 heteroatoms. The number of nitrogens with one attached hydrogen (secondary N) is 5. The molecule has 0 saturated carbocycles. The van der Waals surface area contributed by atoms with Gasteiger partial charge in [0.25, 0.3) is 0 Å². The number of likely N-dealkylation sites (tertiary alicyclic amines) is 1. The average Bonchev–Trinajstić information content (AvgIpc) is 2.31. The zero-order valence-electron chi connectivity index (χ0n) is 53.8. The predicted octanol–water partition coefficient (Wildman–Crippen LogP) is 8.44. The van der Waals surface area contributed by atoms with Crippen molar-refractivity contribution in [2.45, 2.75) is 218 Å². The van der Waals surface area contributed by atoms with Crippen molar-refractivity contribution in [3.05, 3.63) is 107 Å². The first-order chi connectivity index (χ1) is 40.5. The van der Waals surface area contributed by atoms with Crippen LogP contribution >= 0.6 is 11.8 Å². The first kappa shape index (κ1) is 70.6. The van der Waals surface area contributed by atoms with Gasteiger partial charge in [-0.25, -0.2) is 9.59 Å². The highest BCUT2D eigenvalue weighted by Gasteiger charge is 2.47. The maximum absolute atomic E-state index is 15.2. The van der Waals surface area contributed by atoms with Gasteiger partial charge in [-0.3, -0.25) is 43.4 Å². The number of hydrogen-bond acceptors (Lipinski definition) is 12. The van der Waals surface area contributed by atoms with Gasteiger partial charge < -0.3 is 46.1 Å². The van der Waals surface area contributed by atoms with Crippen LogP contribution in [-0.4, -0.2) is 158 Å². The normalized spacial score (nSPS) is 20.7. The quantitative estimate of drug-likeness (QED) is 0.0728. The van der Waals surface area contributed by atoms with Gasteiger partial charge in [-0.2, -0.15) is 0 Å². The number of aryl methyl sites for hydroxylation is 1. The summed E-state index contributed by atoms with van der Waals surface area (Å²) in [5.41, 5.74) is 1.93. The molecule has 1 fully saturated rings. The van der Waals surface area contributed by atoms with Crippen LogP contribution in [0.25, 0.3) is 0 Å². The number of ether oxygens (including phenoxy) is 2. The van der Waals surface area contributed by atoms with E-state index in [1.54, 1.807) is 67.2 Å². The van der Waals surface area contributed by atoms with Crippen LogP contribution in [0.5, 0.6) is 0 Å². The summed E-state index contributed by atoms with van der Waals surface area (Å²) in [6.45, 7) is 26.2. The third-order valence-corrected chi connectivity index (χ3v) is 17.4. The van der Waals surface area contributed by atoms with Crippen LogP contribution < -0.4 is 26.6 Å². The van der Waals surface area contributed by atoms with Gasteiger partial charge in [-0.05, 0) is 148 Å². The van der Waals surface area contributed by atoms with Crippen molar-refractivity contribution in [3.63, 3.8) is 0 Å². The number of rotatable bonds is 20. The number of nitrogens with zero attached hydrogens (tertiary/aromatic N) is 3. The van der Waals surface area contributed by atoms with Crippen molar-refractivity contribution in [2.75, 3.05) is 26.4 Å². The van der Waals surface area contributed by atoms with E-state index in [9.17, 15) is 43.5 Å². The van der Waals surface area contributed by atoms with Gasteiger partial charge in [0.15, 0.2) is 0 Å². The first-order valence-electron chi connectivity index (χ1n) is 30.2. The second-order valence-corrected chi connectivity index (χ2v) is 28.6. The minimum Gasteiger partial charge on any atom is -0.481 e. The number of carboxylic acids is 1. The second kappa shape index (κ2) is 30.2. The monoisotopic (exact) mass is 1220 g/mol. The second-order valence-electron chi connectivity index (χ2n) is 26.9. The summed E-state index contributed by atoms with van der Waals surface area (Å²) in [6, 6.07) is 7.78. The highest BCUT2D eigenvalue weighted by molar-refractivity contribution is 8.01. The van der Waals surface area contributed by atoms with Gasteiger partial charge in [-0.15, -0.1) is 11.8 Å². The van der Waals surface area contributed by atoms with Crippen molar-refractivity contribution in [1.29, 1.82) is 0 Å². The molecule has 0 spiro atoms. The smallest absolute Gasteiger partial charge is 0.410 e. The molecular formula is C66H96N8O12S. The molecule has 5 rings (SSSR count). The Morgan fingerprint density at radius 2 is 1.29 bits per heavy atom. The lowest BCUT2D eigenvalue weighted by Gasteiger charge is -2.37. The van der Waals surface area contributed by atoms with E-state index in [-0.39, 0.29) is 43.3 Å². The minimum absolute atomic E-state index is 0.0266. The molecule has 20 nitrogen and oxygen atoms in total. The molecule has 0 aromatic heterocycles. The van der Waals surface area contributed by atoms with Gasteiger partial charge in [0.05, 0.1) is 11.8 Å². The van der Waals surface area contributed by atoms with E-state index < -0.39 is 111 Å². The topological polar surface area (TPSA) is 262 Å². The molecule has 3 aliphatic rings. The van der Waals surface area contributed by atoms with Crippen molar-refractivity contribution < 1.29 is 57.7 Å². The fraction of sp³-hybridized carbons (Fsp3) is 0.591. The number of fused-ring (bicyclic) bond motifs is 1. The number of carbonyl (C=O) groups is 9. The van der Waals surface area contributed by atoms with Crippen molar-refractivity contribution in [1.82, 2.24) is 41.3 Å². The van der Waals surface area contributed by atoms with Crippen LogP contribution in [0.3, 0.4) is 0 Å². The summed E-state index contributed by atoms with van der Waals surface area (Å²) >= 11 is 0.924. The molecule has 9 atom stereocenters. The summed E-state index contributed by atoms with van der Waals surface area (Å²) in [6.07, 6.45) is 11.6. The van der Waals surface area contributed by atoms with Gasteiger partial charge in [-0.1, -0.05) is 106 Å². The summed E-state index contributed by atoms with van der Waals surface area (Å²) in [4.78, 5) is 130. The molecule has 6 N–H and O–H groups in total. The Bertz CT molecular complexity index is 2890. The molecule has 0 bridgehead atoms. The van der Waals surface area contributed by atoms with Gasteiger partial charge >= 0.3 is 18.2 Å². The van der Waals surface area contributed by atoms with E-state index in [1.807, 2.05) is 93.6 Å². The van der Waals surface area contributed by atoms with Gasteiger partial charge in [0.2, 0.25) is 35.4 Å². The van der Waals surface area contributed by atoms with E-state index in [4.69, 9.17) is 9.47 Å². The zero-order valence-corrected chi connectivity index (χ0v) is 54.6. The van der Waals surface area contributed by atoms with Crippen LogP contribution in [-0.2, 0) is 55.9 Å². The molecule has 0 radical (unpaired) electrons. The van der Waals surface area contributed by atoms with E-state index in [0.717, 1.165) is 64.6 Å². The predicted molar refractivity (Wildman–Crippen MR) is 337 cm³/mol. The Morgan fingerprint density at radius 1 is 0.713 bits per heavy atom. The molecule has 87 heavy (non-hydrogen) atoms. The number of allylic oxidation sites excluding steroid dienone is 4. The molecule has 478 valence electrons. The standard InChI is InChI=1S/C66H96N8O12S/c1-40-24-18-17-19-28-47(29-22-25-40)67-58(80)51-37-46(38-74(51)60(82)54(63(4,5)6)71-56(78)42(3)73(16)62(84)86-65(10,11)12)44-34-32-43(33-35-44)36-50(57(79)68-49-31-23-27-45-26-20-21-30-48(45)49)69-59(81)53(66(13,14)87-39-52(75)76)70-55(77)41(2)72(15)61(83)85-64(7,8)9/h17-21,24,26,30,32-35,41-42,46-47,49-51,53-54H,1,22-23,25,27-29,31,36-39H2,2-16H3,(H,67,80)(H,68,79)(H,69,81)(H,70,77)(H,71,78)(H,75,76)/b19-17-,24-18-/t41-,42-,46-,47-,49+,50-,51-,53+,54?/m0/s1. The summed E-state index contributed by atoms with van der Waals surface area (Å²) < 4.78 is 9.74. The highest BCUT2D eigenvalue weighted by atomic mass is 32.2. The largest absolute Gasteiger partial charge is 0.481 e. The number of carbonyl (C=O) groups excluding carboxylic acids is 8. The van der Waals surface area contributed by atoms with E-state index in [1.165, 1.54) is 25.9 Å². The number of benzene rings is 2. The van der Waals surface area contributed by atoms with Crippen LogP contribution in [0, 0.1) is 5.41 Å². The van der Waals surface area contributed by atoms with Crippen molar-refractivity contribution in [3.8, 4) is 0 Å². The Kier molecular flexibility index (Phi) is 24.5. The lowest BCUT2D eigenvalue weighted by atomic mass is 9.85. The lowest BCUT2D eigenvalue weighted by Crippen LogP contribution is -2.62. The Morgan fingerprint density at radius 3 is 1.86 bits per heavy atom. The third kappa shape index (κ3) is 20.7. The number of likely N-dealkylation sites (N-methyl/N-ethyl adjacent to an activating group) is 2. The Hall–Kier alpha value is -7.16. The molecule has 1 heterocycles. The number of amides is 8. The van der Waals surface area contributed by atoms with Gasteiger partial charge in [0, 0.05) is 43.8 Å². The van der Waals surface area contributed by atoms with Crippen LogP contribution in [0.2, 0.25) is 0 Å². The molecule has 8 amide bonds. The van der Waals surface area contributed by atoms with Gasteiger partial charge in [0.1, 0.15) is 47.5 Å². The molecular weight excluding hydrogens is 1130 g/mol. The molecule has 2 aromatic rings. The number of hydrogen-bond donors (Lipinski definition) is 6. The fourth-order valence-electron chi connectivity index (χ4n) is 10.7. The molecule has 1 aliphatic heterocycles. The Labute approximate surface area is 519 Å². The minimum atomic E-state index is -1.42. The summed E-state index contributed by atoms with van der Waals surface area (Å²) in [7, 11) is 2.85. The zero-order chi connectivity index (χ0) is 64.9. The van der Waals surface area contributed by atoms with E-state index in [0.29, 0.717) is 24.8 Å². The maximum Gasteiger partial charge on any atom is 0.410 e. The Balaban J connectivity index is 1.49. The number of thioether (sulfide) groups is 1. The lowest BCUT2D eigenvalue weighted by molar-refractivity contribution is -0.144. The van der Waals surface area contributed by atoms with Crippen LogP contribution in [0.4, 0.5) is 9.59 Å². The molecule has 1 saturated heterocycles. The fourth-order valence-corrected chi connectivity index (χ4v) is 11.5. The summed E-state index contributed by atoms with van der Waals surface area (Å²) in [5.74, 6) is -5.30. The average molecular weight is 1230 g/mol. The third-order valence-electron chi connectivity index (χ3n) is 16.0. The summed E-state index contributed by atoms with van der Waals surface area (Å²) in [5, 5.41) is 24.8. The van der Waals surface area contributed by atoms with Crippen LogP contribution in [0.15, 0.2) is 85.0 Å². The number of carboxylic acid groups (broad SMARTS) is 1. The maximum atomic E-state index is 15.2. The van der Waals surface area contributed by atoms with Crippen molar-refractivity contribution in [2.24, 2.45) is 5.41 Å². The van der Waals surface area contributed by atoms with E-state index >= 15 is 4.79 Å². The highest BCUT2D eigenvalue weighted by Crippen LogP contribution is 2.36. The SMILES string of the molecule is C=C1/C=C\C=C/C[C@H](NC(=O)[C@@H]2C[C@H](c3ccc(C[C@H](NC(=O)[C@@H](NC(=O)[C@H](C)N(C)C(=O)OC(C)(C)C)C(C)(C)SCC(=O)O)C(=O)N[C@@H]4CCCc5ccccc54)cc3)CN2C(=O)C(NC(=O)[C@H](C)N(C)C(=O)OC(C)(C)C)C(C)(C)C)CCC1. The van der Waals surface area contributed by atoms with Crippen LogP contribution in [0.1, 0.15) is 169 Å². The molecule has 1 unspecified atom stereocenters.